The van der Waals surface area contributed by atoms with Gasteiger partial charge in [0.25, 0.3) is 0 Å². The van der Waals surface area contributed by atoms with E-state index in [1.54, 1.807) is 10.7 Å². The number of thiazole rings is 1. The molecule has 0 aliphatic heterocycles. The van der Waals surface area contributed by atoms with Gasteiger partial charge in [-0.05, 0) is 32.0 Å². The Morgan fingerprint density at radius 1 is 1.33 bits per heavy atom. The lowest BCUT2D eigenvalue weighted by Gasteiger charge is -2.03. The molecule has 0 unspecified atom stereocenters. The Balaban J connectivity index is 1.63. The van der Waals surface area contributed by atoms with Crippen LogP contribution in [0.5, 0.6) is 0 Å². The first-order valence-electron chi connectivity index (χ1n) is 7.08. The maximum absolute atomic E-state index is 12.1. The van der Waals surface area contributed by atoms with Gasteiger partial charge >= 0.3 is 0 Å². The molecule has 3 heterocycles. The maximum Gasteiger partial charge on any atom is 0.250 e. The van der Waals surface area contributed by atoms with Gasteiger partial charge in [-0.1, -0.05) is 11.6 Å². The molecule has 3 aromatic rings. The topological polar surface area (TPSA) is 76.9 Å². The van der Waals surface area contributed by atoms with Gasteiger partial charge < -0.3 is 0 Å². The summed E-state index contributed by atoms with van der Waals surface area (Å²) in [5, 5.41) is 7.10. The molecule has 0 radical (unpaired) electrons. The molecule has 0 amide bonds. The van der Waals surface area contributed by atoms with Gasteiger partial charge in [-0.3, -0.25) is 0 Å². The second-order valence-corrected chi connectivity index (χ2v) is 9.71. The second-order valence-electron chi connectivity index (χ2n) is 5.17. The second kappa shape index (κ2) is 6.93. The van der Waals surface area contributed by atoms with Crippen LogP contribution in [-0.2, 0) is 16.4 Å². The minimum absolute atomic E-state index is 0.217. The van der Waals surface area contributed by atoms with Crippen LogP contribution in [0.25, 0.3) is 5.13 Å². The minimum Gasteiger partial charge on any atom is -0.223 e. The van der Waals surface area contributed by atoms with E-state index >= 15 is 0 Å². The number of nitrogens with one attached hydrogen (secondary N) is 1. The van der Waals surface area contributed by atoms with Gasteiger partial charge in [-0.15, -0.1) is 22.7 Å². The average molecular weight is 403 g/mol. The molecule has 0 aliphatic rings. The normalized spacial score (nSPS) is 12.0. The fourth-order valence-corrected chi connectivity index (χ4v) is 5.58. The van der Waals surface area contributed by atoms with Crippen LogP contribution in [0.15, 0.2) is 27.8 Å². The van der Waals surface area contributed by atoms with E-state index in [1.165, 1.54) is 17.4 Å². The van der Waals surface area contributed by atoms with Gasteiger partial charge in [0.05, 0.1) is 15.7 Å². The molecule has 0 saturated carbocycles. The van der Waals surface area contributed by atoms with Gasteiger partial charge in [0, 0.05) is 24.0 Å². The number of hydrogen-bond donors (Lipinski definition) is 1. The van der Waals surface area contributed by atoms with E-state index in [2.05, 4.69) is 14.8 Å². The molecule has 0 saturated heterocycles. The highest BCUT2D eigenvalue weighted by atomic mass is 35.5. The molecule has 0 aromatic carbocycles. The van der Waals surface area contributed by atoms with Crippen LogP contribution in [0.3, 0.4) is 0 Å². The predicted octanol–water partition coefficient (Wildman–Crippen LogP) is 3.18. The summed E-state index contributed by atoms with van der Waals surface area (Å²) in [6, 6.07) is 5.06. The van der Waals surface area contributed by atoms with Crippen molar-refractivity contribution in [2.24, 2.45) is 0 Å². The summed E-state index contributed by atoms with van der Waals surface area (Å²) in [5.74, 6) is 0. The molecule has 0 aliphatic carbocycles. The van der Waals surface area contributed by atoms with Gasteiger partial charge in [-0.25, -0.2) is 22.8 Å². The van der Waals surface area contributed by atoms with Crippen LogP contribution in [0.2, 0.25) is 4.34 Å². The summed E-state index contributed by atoms with van der Waals surface area (Å²) in [7, 11) is -3.52. The first-order chi connectivity index (χ1) is 11.3. The van der Waals surface area contributed by atoms with Crippen LogP contribution >= 0.6 is 34.3 Å². The summed E-state index contributed by atoms with van der Waals surface area (Å²) >= 11 is 8.30. The van der Waals surface area contributed by atoms with Crippen LogP contribution in [0, 0.1) is 13.8 Å². The number of aryl methyl sites for hydroxylation is 2. The zero-order valence-corrected chi connectivity index (χ0v) is 16.2. The van der Waals surface area contributed by atoms with Gasteiger partial charge in [0.1, 0.15) is 4.21 Å². The van der Waals surface area contributed by atoms with Gasteiger partial charge in [0.2, 0.25) is 15.2 Å². The molecule has 0 atom stereocenters. The lowest BCUT2D eigenvalue weighted by atomic mass is 10.3. The van der Waals surface area contributed by atoms with E-state index in [0.717, 1.165) is 33.6 Å². The fraction of sp³-hybridized carbons (Fsp3) is 0.286. The smallest absolute Gasteiger partial charge is 0.223 e. The molecule has 10 heteroatoms. The SMILES string of the molecule is Cc1cc(C)n(-c2nc(CCNS(=O)(=O)c3ccc(Cl)s3)cs2)n1. The van der Waals surface area contributed by atoms with E-state index < -0.39 is 10.0 Å². The Kier molecular flexibility index (Phi) is 5.07. The molecule has 128 valence electrons. The number of aromatic nitrogens is 3. The van der Waals surface area contributed by atoms with Crippen molar-refractivity contribution in [3.63, 3.8) is 0 Å². The third kappa shape index (κ3) is 3.86. The van der Waals surface area contributed by atoms with Gasteiger partial charge in [-0.2, -0.15) is 5.10 Å². The van der Waals surface area contributed by atoms with Crippen molar-refractivity contribution >= 4 is 44.3 Å². The van der Waals surface area contributed by atoms with Crippen molar-refractivity contribution in [1.82, 2.24) is 19.5 Å². The Bertz CT molecular complexity index is 958. The summed E-state index contributed by atoms with van der Waals surface area (Å²) < 4.78 is 29.3. The zero-order chi connectivity index (χ0) is 17.3. The molecule has 1 N–H and O–H groups in total. The Labute approximate surface area is 153 Å². The Morgan fingerprint density at radius 2 is 2.12 bits per heavy atom. The molecule has 3 aromatic heterocycles. The molecule has 6 nitrogen and oxygen atoms in total. The summed E-state index contributed by atoms with van der Waals surface area (Å²) in [6.07, 6.45) is 0.508. The lowest BCUT2D eigenvalue weighted by Crippen LogP contribution is -2.25. The van der Waals surface area contributed by atoms with E-state index in [-0.39, 0.29) is 10.8 Å². The van der Waals surface area contributed by atoms with Crippen molar-refractivity contribution < 1.29 is 8.42 Å². The predicted molar refractivity (Wildman–Crippen MR) is 96.9 cm³/mol. The van der Waals surface area contributed by atoms with E-state index in [4.69, 9.17) is 11.6 Å². The van der Waals surface area contributed by atoms with Crippen molar-refractivity contribution in [1.29, 1.82) is 0 Å². The molecular formula is C14H15ClN4O2S3. The third-order valence-corrected chi connectivity index (χ3v) is 7.27. The number of rotatable bonds is 6. The number of thiophene rings is 1. The van der Waals surface area contributed by atoms with Crippen LogP contribution in [0.4, 0.5) is 0 Å². The highest BCUT2D eigenvalue weighted by molar-refractivity contribution is 7.91. The number of sulfonamides is 1. The molecular weight excluding hydrogens is 388 g/mol. The van der Waals surface area contributed by atoms with E-state index in [9.17, 15) is 8.42 Å². The maximum atomic E-state index is 12.1. The van der Waals surface area contributed by atoms with Crippen molar-refractivity contribution in [2.45, 2.75) is 24.5 Å². The van der Waals surface area contributed by atoms with E-state index in [0.29, 0.717) is 10.8 Å². The summed E-state index contributed by atoms with van der Waals surface area (Å²) in [5.41, 5.74) is 2.78. The Hall–Kier alpha value is -1.26. The Morgan fingerprint density at radius 3 is 2.75 bits per heavy atom. The monoisotopic (exact) mass is 402 g/mol. The van der Waals surface area contributed by atoms with Crippen molar-refractivity contribution in [3.8, 4) is 5.13 Å². The number of halogens is 1. The standard InChI is InChI=1S/C14H15ClN4O2S3/c1-9-7-10(2)19(18-9)14-17-11(8-22-14)5-6-16-24(20,21)13-4-3-12(15)23-13/h3-4,7-8,16H,5-6H2,1-2H3. The van der Waals surface area contributed by atoms with Crippen LogP contribution in [-0.4, -0.2) is 29.7 Å². The molecule has 0 fully saturated rings. The summed E-state index contributed by atoms with van der Waals surface area (Å²) in [4.78, 5) is 4.52. The third-order valence-electron chi connectivity index (χ3n) is 3.22. The van der Waals surface area contributed by atoms with Crippen molar-refractivity contribution in [2.75, 3.05) is 6.54 Å². The van der Waals surface area contributed by atoms with E-state index in [1.807, 2.05) is 25.3 Å². The summed E-state index contributed by atoms with van der Waals surface area (Å²) in [6.45, 7) is 4.18. The largest absolute Gasteiger partial charge is 0.250 e. The van der Waals surface area contributed by atoms with Crippen LogP contribution in [0.1, 0.15) is 17.1 Å². The molecule has 24 heavy (non-hydrogen) atoms. The van der Waals surface area contributed by atoms with Crippen LogP contribution < -0.4 is 4.72 Å². The lowest BCUT2D eigenvalue weighted by molar-refractivity contribution is 0.583. The number of hydrogen-bond acceptors (Lipinski definition) is 6. The molecule has 0 bridgehead atoms. The highest BCUT2D eigenvalue weighted by Crippen LogP contribution is 2.25. The zero-order valence-electron chi connectivity index (χ0n) is 13.0. The fourth-order valence-electron chi connectivity index (χ4n) is 2.16. The number of nitrogens with zero attached hydrogens (tertiary/aromatic N) is 3. The first-order valence-corrected chi connectivity index (χ1v) is 10.6. The van der Waals surface area contributed by atoms with Gasteiger partial charge in [0.15, 0.2) is 0 Å². The average Bonchev–Trinajstić information content (AvgIpc) is 3.20. The minimum atomic E-state index is -3.52. The quantitative estimate of drug-likeness (QED) is 0.686. The highest BCUT2D eigenvalue weighted by Gasteiger charge is 2.16. The van der Waals surface area contributed by atoms with Crippen molar-refractivity contribution in [3.05, 3.63) is 45.0 Å². The first kappa shape index (κ1) is 17.6. The molecule has 0 spiro atoms. The molecule has 3 rings (SSSR count).